The van der Waals surface area contributed by atoms with Crippen molar-refractivity contribution in [3.05, 3.63) is 156 Å². The van der Waals surface area contributed by atoms with E-state index in [1.165, 1.54) is 21.6 Å². The highest BCUT2D eigenvalue weighted by Gasteiger charge is 2.42. The standard InChI is InChI=1S/C36H25N3S/c1-3-13-24(14-4-1)29-23-30(25-15-5-2-6-16-25)38-36(37-29)39-31-20-10-7-17-26(31)34-28-19-9-12-22-33(28)40-35(34)27-18-8-11-21-32(27)39/h1-23,34-35H. The van der Waals surface area contributed by atoms with Crippen molar-refractivity contribution in [3.8, 4) is 22.5 Å². The molecule has 0 fully saturated rings. The number of hydrogen-bond acceptors (Lipinski definition) is 4. The lowest BCUT2D eigenvalue weighted by Crippen LogP contribution is -2.16. The fourth-order valence-corrected chi connectivity index (χ4v) is 7.58. The van der Waals surface area contributed by atoms with Crippen molar-refractivity contribution >= 4 is 29.1 Å². The highest BCUT2D eigenvalue weighted by molar-refractivity contribution is 8.00. The molecule has 0 aliphatic carbocycles. The van der Waals surface area contributed by atoms with Crippen LogP contribution in [0.25, 0.3) is 22.5 Å². The van der Waals surface area contributed by atoms with Crippen LogP contribution in [0.4, 0.5) is 17.3 Å². The zero-order valence-electron chi connectivity index (χ0n) is 21.7. The summed E-state index contributed by atoms with van der Waals surface area (Å²) in [4.78, 5) is 14.1. The number of aromatic nitrogens is 2. The molecule has 190 valence electrons. The van der Waals surface area contributed by atoms with Crippen molar-refractivity contribution in [2.45, 2.75) is 16.1 Å². The number of nitrogens with zero attached hydrogens (tertiary/aromatic N) is 3. The Balaban J connectivity index is 1.41. The van der Waals surface area contributed by atoms with E-state index in [4.69, 9.17) is 9.97 Å². The third-order valence-electron chi connectivity index (χ3n) is 7.86. The Kier molecular flexibility index (Phi) is 5.52. The van der Waals surface area contributed by atoms with E-state index < -0.39 is 0 Å². The maximum atomic E-state index is 5.24. The number of benzene rings is 5. The van der Waals surface area contributed by atoms with Gasteiger partial charge in [0.15, 0.2) is 0 Å². The summed E-state index contributed by atoms with van der Waals surface area (Å²) in [6.45, 7) is 0. The Hall–Kier alpha value is -4.67. The lowest BCUT2D eigenvalue weighted by Gasteiger charge is -2.26. The van der Waals surface area contributed by atoms with Gasteiger partial charge >= 0.3 is 0 Å². The fraction of sp³-hybridized carbons (Fsp3) is 0.0556. The number of para-hydroxylation sites is 2. The van der Waals surface area contributed by atoms with Crippen LogP contribution < -0.4 is 4.90 Å². The molecule has 0 spiro atoms. The second kappa shape index (κ2) is 9.51. The van der Waals surface area contributed by atoms with Crippen LogP contribution in [0, 0.1) is 0 Å². The second-order valence-electron chi connectivity index (χ2n) is 10.2. The highest BCUT2D eigenvalue weighted by Crippen LogP contribution is 2.62. The molecular weight excluding hydrogens is 506 g/mol. The normalized spacial score (nSPS) is 16.9. The van der Waals surface area contributed by atoms with E-state index in [0.29, 0.717) is 5.95 Å². The van der Waals surface area contributed by atoms with E-state index in [0.717, 1.165) is 33.9 Å². The molecule has 3 nitrogen and oxygen atoms in total. The van der Waals surface area contributed by atoms with Gasteiger partial charge in [0.25, 0.3) is 0 Å². The Morgan fingerprint density at radius 3 is 1.65 bits per heavy atom. The van der Waals surface area contributed by atoms with Gasteiger partial charge in [0.2, 0.25) is 5.95 Å². The number of fused-ring (bicyclic) bond motifs is 7. The van der Waals surface area contributed by atoms with Gasteiger partial charge in [-0.15, -0.1) is 11.8 Å². The van der Waals surface area contributed by atoms with Gasteiger partial charge in [-0.25, -0.2) is 9.97 Å². The third kappa shape index (κ3) is 3.75. The van der Waals surface area contributed by atoms with Crippen LogP contribution in [0.3, 0.4) is 0 Å². The summed E-state index contributed by atoms with van der Waals surface area (Å²) in [5, 5.41) is 0.269. The van der Waals surface area contributed by atoms with Crippen LogP contribution in [0.15, 0.2) is 144 Å². The fourth-order valence-electron chi connectivity index (χ4n) is 6.07. The summed E-state index contributed by atoms with van der Waals surface area (Å²) in [5.41, 5.74) is 10.2. The molecule has 0 saturated carbocycles. The van der Waals surface area contributed by atoms with Crippen LogP contribution >= 0.6 is 11.8 Å². The minimum Gasteiger partial charge on any atom is -0.279 e. The van der Waals surface area contributed by atoms with Crippen LogP contribution in [0.1, 0.15) is 27.9 Å². The van der Waals surface area contributed by atoms with E-state index >= 15 is 0 Å². The van der Waals surface area contributed by atoms with E-state index in [1.54, 1.807) is 0 Å². The molecule has 2 aliphatic heterocycles. The quantitative estimate of drug-likeness (QED) is 0.227. The molecule has 3 heterocycles. The molecule has 1 aromatic heterocycles. The molecule has 40 heavy (non-hydrogen) atoms. The maximum absolute atomic E-state index is 5.24. The summed E-state index contributed by atoms with van der Waals surface area (Å²) in [5.74, 6) is 0.924. The molecule has 0 saturated heterocycles. The summed E-state index contributed by atoms with van der Waals surface area (Å²) >= 11 is 1.97. The van der Waals surface area contributed by atoms with Crippen molar-refractivity contribution in [2.24, 2.45) is 0 Å². The number of hydrogen-bond donors (Lipinski definition) is 0. The van der Waals surface area contributed by atoms with Gasteiger partial charge in [-0.3, -0.25) is 4.90 Å². The maximum Gasteiger partial charge on any atom is 0.235 e. The van der Waals surface area contributed by atoms with Crippen molar-refractivity contribution in [2.75, 3.05) is 4.90 Å². The van der Waals surface area contributed by atoms with Gasteiger partial charge < -0.3 is 0 Å². The first-order valence-electron chi connectivity index (χ1n) is 13.6. The van der Waals surface area contributed by atoms with Crippen molar-refractivity contribution in [3.63, 3.8) is 0 Å². The number of rotatable bonds is 3. The molecule has 2 unspecified atom stereocenters. The van der Waals surface area contributed by atoms with Gasteiger partial charge in [0.05, 0.1) is 22.8 Å². The summed E-state index contributed by atoms with van der Waals surface area (Å²) in [6, 6.07) is 49.3. The molecule has 2 aliphatic rings. The lowest BCUT2D eigenvalue weighted by molar-refractivity contribution is 0.808. The minimum absolute atomic E-state index is 0.245. The second-order valence-corrected chi connectivity index (χ2v) is 11.4. The lowest BCUT2D eigenvalue weighted by atomic mass is 9.86. The zero-order chi connectivity index (χ0) is 26.5. The van der Waals surface area contributed by atoms with Gasteiger partial charge in [0, 0.05) is 27.2 Å². The molecule has 2 atom stereocenters. The smallest absolute Gasteiger partial charge is 0.235 e. The molecule has 0 radical (unpaired) electrons. The highest BCUT2D eigenvalue weighted by atomic mass is 32.2. The molecular formula is C36H25N3S. The van der Waals surface area contributed by atoms with Gasteiger partial charge in [-0.05, 0) is 41.0 Å². The molecule has 0 N–H and O–H groups in total. The molecule has 4 heteroatoms. The first-order valence-corrected chi connectivity index (χ1v) is 14.5. The first-order chi connectivity index (χ1) is 19.8. The van der Waals surface area contributed by atoms with E-state index in [1.807, 2.05) is 23.9 Å². The predicted octanol–water partition coefficient (Wildman–Crippen LogP) is 9.57. The van der Waals surface area contributed by atoms with Crippen LogP contribution in [-0.4, -0.2) is 9.97 Å². The molecule has 0 bridgehead atoms. The zero-order valence-corrected chi connectivity index (χ0v) is 22.5. The summed E-state index contributed by atoms with van der Waals surface area (Å²) < 4.78 is 0. The van der Waals surface area contributed by atoms with Crippen molar-refractivity contribution < 1.29 is 0 Å². The van der Waals surface area contributed by atoms with E-state index in [9.17, 15) is 0 Å². The molecule has 5 aromatic carbocycles. The van der Waals surface area contributed by atoms with Crippen molar-refractivity contribution in [1.29, 1.82) is 0 Å². The molecule has 6 aromatic rings. The van der Waals surface area contributed by atoms with E-state index in [-0.39, 0.29) is 11.2 Å². The Morgan fingerprint density at radius 1 is 0.500 bits per heavy atom. The molecule has 0 amide bonds. The summed E-state index contributed by atoms with van der Waals surface area (Å²) in [6.07, 6.45) is 0. The Labute approximate surface area is 238 Å². The average Bonchev–Trinajstić information content (AvgIpc) is 3.36. The third-order valence-corrected chi connectivity index (χ3v) is 9.27. The topological polar surface area (TPSA) is 29.0 Å². The Morgan fingerprint density at radius 2 is 1.00 bits per heavy atom. The van der Waals surface area contributed by atoms with Gasteiger partial charge in [-0.2, -0.15) is 0 Å². The molecule has 8 rings (SSSR count). The number of thioether (sulfide) groups is 1. The minimum atomic E-state index is 0.245. The average molecular weight is 532 g/mol. The number of anilines is 3. The first kappa shape index (κ1) is 23.2. The SMILES string of the molecule is c1ccc(-c2cc(-c3ccccc3)nc(N3c4ccccc4C4Sc5ccccc5C4c4ccccc43)n2)cc1. The van der Waals surface area contributed by atoms with Crippen LogP contribution in [-0.2, 0) is 0 Å². The largest absolute Gasteiger partial charge is 0.279 e. The predicted molar refractivity (Wildman–Crippen MR) is 164 cm³/mol. The van der Waals surface area contributed by atoms with Crippen LogP contribution in [0.2, 0.25) is 0 Å². The van der Waals surface area contributed by atoms with Gasteiger partial charge in [0.1, 0.15) is 0 Å². The summed E-state index contributed by atoms with van der Waals surface area (Å²) in [7, 11) is 0. The monoisotopic (exact) mass is 531 g/mol. The van der Waals surface area contributed by atoms with Crippen LogP contribution in [0.5, 0.6) is 0 Å². The van der Waals surface area contributed by atoms with E-state index in [2.05, 4.69) is 132 Å². The Bertz CT molecular complexity index is 1790. The van der Waals surface area contributed by atoms with Crippen molar-refractivity contribution in [1.82, 2.24) is 9.97 Å². The van der Waals surface area contributed by atoms with Gasteiger partial charge in [-0.1, -0.05) is 115 Å².